The van der Waals surface area contributed by atoms with Crippen LogP contribution in [0.5, 0.6) is 0 Å². The van der Waals surface area contributed by atoms with Crippen LogP contribution in [0.3, 0.4) is 0 Å². The lowest BCUT2D eigenvalue weighted by Crippen LogP contribution is -2.56. The molecular weight excluding hydrogens is 270 g/mol. The molecule has 0 aromatic rings. The molecule has 1 aliphatic heterocycles. The summed E-state index contributed by atoms with van der Waals surface area (Å²) in [6.45, 7) is 6.62. The quantitative estimate of drug-likeness (QED) is 0.782. The molecule has 1 heterocycles. The molecule has 1 aliphatic carbocycles. The number of hydrogen-bond acceptors (Lipinski definition) is 4. The van der Waals surface area contributed by atoms with Gasteiger partial charge in [0.2, 0.25) is 0 Å². The van der Waals surface area contributed by atoms with Crippen molar-refractivity contribution in [2.24, 2.45) is 5.73 Å². The van der Waals surface area contributed by atoms with Gasteiger partial charge in [-0.05, 0) is 32.1 Å². The van der Waals surface area contributed by atoms with Gasteiger partial charge < -0.3 is 10.5 Å². The first-order valence-corrected chi connectivity index (χ1v) is 8.36. The van der Waals surface area contributed by atoms with Crippen LogP contribution in [-0.2, 0) is 4.74 Å². The van der Waals surface area contributed by atoms with Crippen molar-refractivity contribution in [3.8, 4) is 0 Å². The summed E-state index contributed by atoms with van der Waals surface area (Å²) in [5, 5.41) is 0. The minimum Gasteiger partial charge on any atom is -0.392 e. The molecule has 1 saturated carbocycles. The molecule has 0 aromatic heterocycles. The third-order valence-electron chi connectivity index (χ3n) is 4.95. The second-order valence-electron chi connectivity index (χ2n) is 6.08. The maximum atomic E-state index is 5.85. The lowest BCUT2D eigenvalue weighted by molar-refractivity contribution is 0.00918. The second kappa shape index (κ2) is 7.69. The minimum absolute atomic E-state index is 0.283. The molecule has 2 N–H and O–H groups in total. The predicted octanol–water partition coefficient (Wildman–Crippen LogP) is 1.63. The van der Waals surface area contributed by atoms with Crippen LogP contribution in [0.25, 0.3) is 0 Å². The highest BCUT2D eigenvalue weighted by Crippen LogP contribution is 2.26. The molecular formula is C15H29N3OS. The molecule has 0 bridgehead atoms. The predicted molar refractivity (Wildman–Crippen MR) is 87.1 cm³/mol. The van der Waals surface area contributed by atoms with Crippen LogP contribution in [0.2, 0.25) is 0 Å². The van der Waals surface area contributed by atoms with E-state index in [9.17, 15) is 0 Å². The van der Waals surface area contributed by atoms with Gasteiger partial charge in [0.05, 0.1) is 17.1 Å². The van der Waals surface area contributed by atoms with Crippen LogP contribution in [0, 0.1) is 0 Å². The number of hydrogen-bond donors (Lipinski definition) is 1. The van der Waals surface area contributed by atoms with E-state index in [0.29, 0.717) is 17.1 Å². The molecule has 2 fully saturated rings. The van der Waals surface area contributed by atoms with Crippen molar-refractivity contribution in [2.75, 3.05) is 33.3 Å². The van der Waals surface area contributed by atoms with Gasteiger partial charge in [-0.25, -0.2) is 0 Å². The summed E-state index contributed by atoms with van der Waals surface area (Å²) in [5.41, 5.74) is 5.85. The minimum atomic E-state index is 0.283. The Bertz CT molecular complexity index is 318. The van der Waals surface area contributed by atoms with Crippen LogP contribution in [0.15, 0.2) is 0 Å². The zero-order valence-corrected chi connectivity index (χ0v) is 13.7. The maximum absolute atomic E-state index is 5.85. The standard InChI is InChI=1S/C15H29N3OS/c1-3-14(15(16)20)18-9-7-17(8-10-18)12-5-4-6-13(11-12)19-2/h12-14H,3-11H2,1-2H3,(H2,16,20). The van der Waals surface area contributed by atoms with Crippen molar-refractivity contribution in [1.82, 2.24) is 9.80 Å². The lowest BCUT2D eigenvalue weighted by Gasteiger charge is -2.44. The van der Waals surface area contributed by atoms with E-state index in [1.165, 1.54) is 25.7 Å². The normalized spacial score (nSPS) is 31.1. The fourth-order valence-electron chi connectivity index (χ4n) is 3.72. The largest absolute Gasteiger partial charge is 0.392 e. The van der Waals surface area contributed by atoms with Crippen LogP contribution >= 0.6 is 12.2 Å². The Morgan fingerprint density at radius 1 is 1.30 bits per heavy atom. The molecule has 2 aliphatic rings. The van der Waals surface area contributed by atoms with Crippen molar-refractivity contribution >= 4 is 17.2 Å². The average Bonchev–Trinajstić information content (AvgIpc) is 2.48. The van der Waals surface area contributed by atoms with Crippen molar-refractivity contribution in [2.45, 2.75) is 57.2 Å². The third-order valence-corrected chi connectivity index (χ3v) is 5.22. The SMILES string of the molecule is CCC(C(N)=S)N1CCN(C2CCCC(OC)C2)CC1. The summed E-state index contributed by atoms with van der Waals surface area (Å²) in [5.74, 6) is 0. The smallest absolute Gasteiger partial charge is 0.0901 e. The van der Waals surface area contributed by atoms with Gasteiger partial charge in [-0.15, -0.1) is 0 Å². The number of nitrogens with two attached hydrogens (primary N) is 1. The van der Waals surface area contributed by atoms with Crippen LogP contribution in [0.1, 0.15) is 39.0 Å². The van der Waals surface area contributed by atoms with Crippen LogP contribution in [-0.4, -0.2) is 66.3 Å². The summed E-state index contributed by atoms with van der Waals surface area (Å²) < 4.78 is 5.55. The Morgan fingerprint density at radius 2 is 2.00 bits per heavy atom. The van der Waals surface area contributed by atoms with E-state index in [1.807, 2.05) is 7.11 Å². The lowest BCUT2D eigenvalue weighted by atomic mass is 9.91. The molecule has 0 amide bonds. The first-order valence-electron chi connectivity index (χ1n) is 7.96. The van der Waals surface area contributed by atoms with Gasteiger partial charge >= 0.3 is 0 Å². The number of ether oxygens (including phenoxy) is 1. The Morgan fingerprint density at radius 3 is 2.55 bits per heavy atom. The van der Waals surface area contributed by atoms with Crippen molar-refractivity contribution in [1.29, 1.82) is 0 Å². The van der Waals surface area contributed by atoms with Crippen molar-refractivity contribution < 1.29 is 4.74 Å². The van der Waals surface area contributed by atoms with E-state index in [4.69, 9.17) is 22.7 Å². The monoisotopic (exact) mass is 299 g/mol. The van der Waals surface area contributed by atoms with Gasteiger partial charge in [0, 0.05) is 39.3 Å². The summed E-state index contributed by atoms with van der Waals surface area (Å²) >= 11 is 5.19. The number of methoxy groups -OCH3 is 1. The Hall–Kier alpha value is -0.230. The van der Waals surface area contributed by atoms with Gasteiger partial charge in [0.25, 0.3) is 0 Å². The van der Waals surface area contributed by atoms with Gasteiger partial charge in [-0.1, -0.05) is 19.1 Å². The summed E-state index contributed by atoms with van der Waals surface area (Å²) in [4.78, 5) is 5.75. The van der Waals surface area contributed by atoms with E-state index in [0.717, 1.165) is 32.6 Å². The van der Waals surface area contributed by atoms with E-state index < -0.39 is 0 Å². The van der Waals surface area contributed by atoms with Crippen molar-refractivity contribution in [3.05, 3.63) is 0 Å². The average molecular weight is 299 g/mol. The second-order valence-corrected chi connectivity index (χ2v) is 6.55. The highest BCUT2D eigenvalue weighted by atomic mass is 32.1. The van der Waals surface area contributed by atoms with Gasteiger partial charge in [0.15, 0.2) is 0 Å². The number of rotatable bonds is 5. The molecule has 20 heavy (non-hydrogen) atoms. The Kier molecular flexibility index (Phi) is 6.20. The van der Waals surface area contributed by atoms with Gasteiger partial charge in [-0.2, -0.15) is 0 Å². The zero-order valence-electron chi connectivity index (χ0n) is 12.9. The fourth-order valence-corrected chi connectivity index (χ4v) is 4.04. The van der Waals surface area contributed by atoms with Crippen LogP contribution in [0.4, 0.5) is 0 Å². The van der Waals surface area contributed by atoms with E-state index >= 15 is 0 Å². The molecule has 3 atom stereocenters. The zero-order chi connectivity index (χ0) is 14.5. The highest BCUT2D eigenvalue weighted by molar-refractivity contribution is 7.80. The van der Waals surface area contributed by atoms with Gasteiger partial charge in [0.1, 0.15) is 0 Å². The Balaban J connectivity index is 1.83. The van der Waals surface area contributed by atoms with E-state index in [1.54, 1.807) is 0 Å². The molecule has 1 saturated heterocycles. The molecule has 5 heteroatoms. The fraction of sp³-hybridized carbons (Fsp3) is 0.933. The molecule has 116 valence electrons. The first-order chi connectivity index (χ1) is 9.65. The van der Waals surface area contributed by atoms with E-state index in [2.05, 4.69) is 16.7 Å². The maximum Gasteiger partial charge on any atom is 0.0901 e. The number of nitrogens with zero attached hydrogens (tertiary/aromatic N) is 2. The van der Waals surface area contributed by atoms with Crippen LogP contribution < -0.4 is 5.73 Å². The number of thiocarbonyl (C=S) groups is 1. The topological polar surface area (TPSA) is 41.7 Å². The van der Waals surface area contributed by atoms with E-state index in [-0.39, 0.29) is 6.04 Å². The molecule has 3 unspecified atom stereocenters. The van der Waals surface area contributed by atoms with Gasteiger partial charge in [-0.3, -0.25) is 9.80 Å². The molecule has 0 radical (unpaired) electrons. The van der Waals surface area contributed by atoms with Crippen molar-refractivity contribution in [3.63, 3.8) is 0 Å². The summed E-state index contributed by atoms with van der Waals surface area (Å²) in [6.07, 6.45) is 6.53. The Labute approximate surface area is 128 Å². The molecule has 2 rings (SSSR count). The molecule has 0 aromatic carbocycles. The number of piperazine rings is 1. The first kappa shape index (κ1) is 16.1. The third kappa shape index (κ3) is 3.91. The highest BCUT2D eigenvalue weighted by Gasteiger charge is 2.31. The molecule has 0 spiro atoms. The summed E-state index contributed by atoms with van der Waals surface area (Å²) in [6, 6.07) is 0.992. The molecule has 4 nitrogen and oxygen atoms in total. The summed E-state index contributed by atoms with van der Waals surface area (Å²) in [7, 11) is 1.85.